The number of benzene rings is 1. The van der Waals surface area contributed by atoms with Crippen LogP contribution in [-0.4, -0.2) is 34.8 Å². The molecule has 1 aromatic rings. The maximum absolute atomic E-state index is 12.5. The highest BCUT2D eigenvalue weighted by molar-refractivity contribution is 9.10. The highest BCUT2D eigenvalue weighted by atomic mass is 79.9. The maximum Gasteiger partial charge on any atom is 0.325 e. The molecule has 3 rings (SSSR count). The lowest BCUT2D eigenvalue weighted by Gasteiger charge is -2.21. The fraction of sp³-hybridized carbons (Fsp3) is 0.471. The third kappa shape index (κ3) is 3.17. The minimum atomic E-state index is -0.854. The summed E-state index contributed by atoms with van der Waals surface area (Å²) in [7, 11) is 0. The van der Waals surface area contributed by atoms with Gasteiger partial charge in [0.1, 0.15) is 12.1 Å². The van der Waals surface area contributed by atoms with Crippen LogP contribution in [0.1, 0.15) is 38.3 Å². The van der Waals surface area contributed by atoms with Crippen molar-refractivity contribution in [3.8, 4) is 0 Å². The fourth-order valence-corrected chi connectivity index (χ4v) is 3.50. The summed E-state index contributed by atoms with van der Waals surface area (Å²) in [5.74, 6) is -0.478. The average molecular weight is 394 g/mol. The molecule has 24 heavy (non-hydrogen) atoms. The lowest BCUT2D eigenvalue weighted by molar-refractivity contribution is -0.135. The van der Waals surface area contributed by atoms with E-state index in [0.29, 0.717) is 0 Å². The highest BCUT2D eigenvalue weighted by Crippen LogP contribution is 2.42. The topological polar surface area (TPSA) is 78.5 Å². The van der Waals surface area contributed by atoms with Crippen molar-refractivity contribution < 1.29 is 14.4 Å². The summed E-state index contributed by atoms with van der Waals surface area (Å²) in [6.45, 7) is 3.35. The van der Waals surface area contributed by atoms with Crippen molar-refractivity contribution in [2.45, 2.75) is 38.3 Å². The molecule has 1 saturated carbocycles. The molecule has 1 aliphatic carbocycles. The SMILES string of the molecule is CC(NC(=O)CN1C(=O)NC(C)(C2CC2)C1=O)c1cccc(Br)c1. The number of imide groups is 1. The molecule has 2 atom stereocenters. The zero-order valence-corrected chi connectivity index (χ0v) is 15.2. The van der Waals surface area contributed by atoms with Crippen LogP contribution in [0.3, 0.4) is 0 Å². The lowest BCUT2D eigenvalue weighted by Crippen LogP contribution is -2.47. The van der Waals surface area contributed by atoms with Gasteiger partial charge < -0.3 is 10.6 Å². The van der Waals surface area contributed by atoms with E-state index in [9.17, 15) is 14.4 Å². The van der Waals surface area contributed by atoms with Crippen LogP contribution in [0.5, 0.6) is 0 Å². The number of urea groups is 1. The first-order valence-electron chi connectivity index (χ1n) is 8.00. The second-order valence-electron chi connectivity index (χ2n) is 6.64. The Bertz CT molecular complexity index is 704. The van der Waals surface area contributed by atoms with Crippen molar-refractivity contribution in [2.24, 2.45) is 5.92 Å². The van der Waals surface area contributed by atoms with E-state index in [0.717, 1.165) is 27.8 Å². The second kappa shape index (κ2) is 6.20. The van der Waals surface area contributed by atoms with Gasteiger partial charge in [-0.3, -0.25) is 14.5 Å². The third-order valence-corrected chi connectivity index (χ3v) is 5.22. The van der Waals surface area contributed by atoms with Gasteiger partial charge in [0.05, 0.1) is 6.04 Å². The number of amides is 4. The normalized spacial score (nSPS) is 24.7. The second-order valence-corrected chi connectivity index (χ2v) is 7.56. The quantitative estimate of drug-likeness (QED) is 0.753. The number of rotatable bonds is 5. The molecule has 0 spiro atoms. The molecule has 7 heteroatoms. The minimum absolute atomic E-state index is 0.183. The molecule has 0 aromatic heterocycles. The number of nitrogens with zero attached hydrogens (tertiary/aromatic N) is 1. The van der Waals surface area contributed by atoms with Crippen molar-refractivity contribution in [3.63, 3.8) is 0 Å². The van der Waals surface area contributed by atoms with E-state index >= 15 is 0 Å². The van der Waals surface area contributed by atoms with Crippen molar-refractivity contribution in [2.75, 3.05) is 6.54 Å². The number of carbonyl (C=O) groups excluding carboxylic acids is 3. The first-order chi connectivity index (χ1) is 11.3. The molecule has 2 aliphatic rings. The van der Waals surface area contributed by atoms with Gasteiger partial charge in [0, 0.05) is 4.47 Å². The Kier molecular flexibility index (Phi) is 4.38. The predicted octanol–water partition coefficient (Wildman–Crippen LogP) is 2.35. The van der Waals surface area contributed by atoms with Crippen LogP contribution < -0.4 is 10.6 Å². The number of nitrogens with one attached hydrogen (secondary N) is 2. The van der Waals surface area contributed by atoms with Crippen molar-refractivity contribution in [1.29, 1.82) is 0 Å². The van der Waals surface area contributed by atoms with Gasteiger partial charge >= 0.3 is 6.03 Å². The standard InChI is InChI=1S/C17H20BrN3O3/c1-10(11-4-3-5-13(18)8-11)19-14(22)9-21-15(23)17(2,12-6-7-12)20-16(21)24/h3-5,8,10,12H,6-7,9H2,1-2H3,(H,19,22)(H,20,24). The first kappa shape index (κ1) is 17.0. The Hall–Kier alpha value is -1.89. The summed E-state index contributed by atoms with van der Waals surface area (Å²) in [4.78, 5) is 37.9. The van der Waals surface area contributed by atoms with Crippen LogP contribution in [0.15, 0.2) is 28.7 Å². The molecule has 1 heterocycles. The van der Waals surface area contributed by atoms with E-state index in [-0.39, 0.29) is 30.3 Å². The molecule has 1 aromatic carbocycles. The van der Waals surface area contributed by atoms with E-state index in [4.69, 9.17) is 0 Å². The smallest absolute Gasteiger partial charge is 0.325 e. The maximum atomic E-state index is 12.5. The van der Waals surface area contributed by atoms with Crippen LogP contribution in [-0.2, 0) is 9.59 Å². The van der Waals surface area contributed by atoms with E-state index < -0.39 is 11.6 Å². The molecule has 128 valence electrons. The fourth-order valence-electron chi connectivity index (χ4n) is 3.09. The lowest BCUT2D eigenvalue weighted by atomic mass is 9.96. The molecular formula is C17H20BrN3O3. The molecule has 0 bridgehead atoms. The van der Waals surface area contributed by atoms with Gasteiger partial charge in [-0.25, -0.2) is 4.79 Å². The summed E-state index contributed by atoms with van der Waals surface area (Å²) in [6.07, 6.45) is 1.87. The Morgan fingerprint density at radius 2 is 2.17 bits per heavy atom. The number of halogens is 1. The molecule has 2 unspecified atom stereocenters. The van der Waals surface area contributed by atoms with Crippen molar-refractivity contribution in [1.82, 2.24) is 15.5 Å². The number of hydrogen-bond acceptors (Lipinski definition) is 3. The third-order valence-electron chi connectivity index (χ3n) is 4.72. The van der Waals surface area contributed by atoms with Gasteiger partial charge in [-0.15, -0.1) is 0 Å². The summed E-state index contributed by atoms with van der Waals surface area (Å²) >= 11 is 3.40. The molecule has 6 nitrogen and oxygen atoms in total. The van der Waals surface area contributed by atoms with E-state index in [2.05, 4.69) is 26.6 Å². The Labute approximate surface area is 149 Å². The number of carbonyl (C=O) groups is 3. The Morgan fingerprint density at radius 3 is 2.79 bits per heavy atom. The molecular weight excluding hydrogens is 374 g/mol. The van der Waals surface area contributed by atoms with Gasteiger partial charge in [-0.1, -0.05) is 28.1 Å². The van der Waals surface area contributed by atoms with Crippen LogP contribution in [0.4, 0.5) is 4.79 Å². The summed E-state index contributed by atoms with van der Waals surface area (Å²) in [6, 6.07) is 6.92. The van der Waals surface area contributed by atoms with Gasteiger partial charge in [-0.05, 0) is 50.3 Å². The van der Waals surface area contributed by atoms with Gasteiger partial charge in [0.15, 0.2) is 0 Å². The molecule has 2 fully saturated rings. The van der Waals surface area contributed by atoms with Crippen LogP contribution in [0.2, 0.25) is 0 Å². The van der Waals surface area contributed by atoms with Crippen LogP contribution in [0, 0.1) is 5.92 Å². The Morgan fingerprint density at radius 1 is 1.46 bits per heavy atom. The molecule has 0 radical (unpaired) electrons. The average Bonchev–Trinajstić information content (AvgIpc) is 3.33. The largest absolute Gasteiger partial charge is 0.348 e. The minimum Gasteiger partial charge on any atom is -0.348 e. The van der Waals surface area contributed by atoms with Crippen molar-refractivity contribution >= 4 is 33.8 Å². The molecule has 2 N–H and O–H groups in total. The molecule has 4 amide bonds. The molecule has 1 aliphatic heterocycles. The van der Waals surface area contributed by atoms with Crippen LogP contribution in [0.25, 0.3) is 0 Å². The van der Waals surface area contributed by atoms with Crippen molar-refractivity contribution in [3.05, 3.63) is 34.3 Å². The van der Waals surface area contributed by atoms with Gasteiger partial charge in [0.2, 0.25) is 5.91 Å². The van der Waals surface area contributed by atoms with Gasteiger partial charge in [0.25, 0.3) is 5.91 Å². The summed E-state index contributed by atoms with van der Waals surface area (Å²) in [5, 5.41) is 5.57. The molecule has 1 saturated heterocycles. The summed E-state index contributed by atoms with van der Waals surface area (Å²) < 4.78 is 0.926. The van der Waals surface area contributed by atoms with E-state index in [1.807, 2.05) is 31.2 Å². The summed E-state index contributed by atoms with van der Waals surface area (Å²) in [5.41, 5.74) is 0.0885. The van der Waals surface area contributed by atoms with E-state index in [1.165, 1.54) is 0 Å². The monoisotopic (exact) mass is 393 g/mol. The van der Waals surface area contributed by atoms with Gasteiger partial charge in [-0.2, -0.15) is 0 Å². The highest BCUT2D eigenvalue weighted by Gasteiger charge is 2.56. The van der Waals surface area contributed by atoms with E-state index in [1.54, 1.807) is 6.92 Å². The predicted molar refractivity (Wildman–Crippen MR) is 92.1 cm³/mol. The Balaban J connectivity index is 1.62. The first-order valence-corrected chi connectivity index (χ1v) is 8.79. The van der Waals surface area contributed by atoms with Crippen LogP contribution >= 0.6 is 15.9 Å². The zero-order chi connectivity index (χ0) is 17.5. The zero-order valence-electron chi connectivity index (χ0n) is 13.6. The number of hydrogen-bond donors (Lipinski definition) is 2.